The number of imidazole rings is 1. The van der Waals surface area contributed by atoms with Gasteiger partial charge in [0.15, 0.2) is 16.7 Å². The van der Waals surface area contributed by atoms with Gasteiger partial charge < -0.3 is 19.2 Å². The number of hydrogen-bond acceptors (Lipinski definition) is 6. The number of nitrogens with one attached hydrogen (secondary N) is 1. The SMILES string of the molecule is COc1ccnc(CS(=O)c2nc3ccc(OC(C)(C)C)cc3[nH]2)c1OC. The average Bonchev–Trinajstić information content (AvgIpc) is 3.03. The molecular weight excluding hydrogens is 366 g/mol. The van der Waals surface area contributed by atoms with E-state index in [4.69, 9.17) is 14.2 Å². The molecule has 0 spiro atoms. The Morgan fingerprint density at radius 2 is 1.93 bits per heavy atom. The van der Waals surface area contributed by atoms with Crippen molar-refractivity contribution in [3.63, 3.8) is 0 Å². The van der Waals surface area contributed by atoms with Gasteiger partial charge in [-0.15, -0.1) is 0 Å². The summed E-state index contributed by atoms with van der Waals surface area (Å²) in [4.78, 5) is 11.8. The number of fused-ring (bicyclic) bond motifs is 1. The number of benzene rings is 1. The number of methoxy groups -OCH3 is 2. The van der Waals surface area contributed by atoms with E-state index in [0.717, 1.165) is 16.8 Å². The minimum atomic E-state index is -1.42. The van der Waals surface area contributed by atoms with Gasteiger partial charge in [-0.1, -0.05) is 0 Å². The number of nitrogens with zero attached hydrogens (tertiary/aromatic N) is 2. The van der Waals surface area contributed by atoms with Gasteiger partial charge in [0.05, 0.1) is 47.5 Å². The molecule has 144 valence electrons. The highest BCUT2D eigenvalue weighted by atomic mass is 32.2. The third-order valence-electron chi connectivity index (χ3n) is 3.71. The summed E-state index contributed by atoms with van der Waals surface area (Å²) in [6.07, 6.45) is 1.60. The largest absolute Gasteiger partial charge is 0.493 e. The molecule has 0 saturated heterocycles. The van der Waals surface area contributed by atoms with E-state index in [2.05, 4.69) is 15.0 Å². The van der Waals surface area contributed by atoms with E-state index < -0.39 is 10.8 Å². The molecule has 8 heteroatoms. The quantitative estimate of drug-likeness (QED) is 0.695. The zero-order valence-corrected chi connectivity index (χ0v) is 16.8. The van der Waals surface area contributed by atoms with Crippen LogP contribution in [0.3, 0.4) is 0 Å². The molecule has 0 fully saturated rings. The molecule has 0 aliphatic heterocycles. The van der Waals surface area contributed by atoms with Crippen LogP contribution in [0.4, 0.5) is 0 Å². The second-order valence-corrected chi connectivity index (χ2v) is 8.28. The molecule has 7 nitrogen and oxygen atoms in total. The maximum absolute atomic E-state index is 12.8. The van der Waals surface area contributed by atoms with Crippen molar-refractivity contribution in [2.75, 3.05) is 14.2 Å². The van der Waals surface area contributed by atoms with Crippen molar-refractivity contribution in [1.29, 1.82) is 0 Å². The Hall–Kier alpha value is -2.61. The number of hydrogen-bond donors (Lipinski definition) is 1. The lowest BCUT2D eigenvalue weighted by atomic mass is 10.2. The van der Waals surface area contributed by atoms with Crippen LogP contribution in [0.2, 0.25) is 0 Å². The number of pyridine rings is 1. The van der Waals surface area contributed by atoms with E-state index in [1.54, 1.807) is 19.4 Å². The van der Waals surface area contributed by atoms with Crippen molar-refractivity contribution < 1.29 is 18.4 Å². The Labute approximate surface area is 160 Å². The van der Waals surface area contributed by atoms with Gasteiger partial charge in [-0.3, -0.25) is 9.19 Å². The van der Waals surface area contributed by atoms with Crippen LogP contribution in [-0.4, -0.2) is 39.0 Å². The summed E-state index contributed by atoms with van der Waals surface area (Å²) in [6, 6.07) is 7.26. The molecule has 3 aromatic rings. The molecule has 2 heterocycles. The lowest BCUT2D eigenvalue weighted by Gasteiger charge is -2.21. The van der Waals surface area contributed by atoms with Gasteiger partial charge in [0, 0.05) is 18.3 Å². The fraction of sp³-hybridized carbons (Fsp3) is 0.368. The molecule has 0 radical (unpaired) electrons. The Balaban J connectivity index is 1.86. The van der Waals surface area contributed by atoms with E-state index in [1.807, 2.05) is 39.0 Å². The molecule has 3 rings (SSSR count). The number of ether oxygens (including phenoxy) is 3. The predicted octanol–water partition coefficient (Wildman–Crippen LogP) is 3.46. The molecule has 1 aromatic carbocycles. The molecule has 0 amide bonds. The summed E-state index contributed by atoms with van der Waals surface area (Å²) in [6.45, 7) is 5.96. The monoisotopic (exact) mass is 389 g/mol. The van der Waals surface area contributed by atoms with Gasteiger partial charge in [-0.25, -0.2) is 4.98 Å². The van der Waals surface area contributed by atoms with Gasteiger partial charge in [-0.2, -0.15) is 0 Å². The number of rotatable bonds is 6. The number of aromatic amines is 1. The molecule has 2 aromatic heterocycles. The second kappa shape index (κ2) is 7.56. The summed E-state index contributed by atoms with van der Waals surface area (Å²) in [5.41, 5.74) is 1.75. The Bertz CT molecular complexity index is 979. The Morgan fingerprint density at radius 1 is 1.15 bits per heavy atom. The Morgan fingerprint density at radius 3 is 2.59 bits per heavy atom. The lowest BCUT2D eigenvalue weighted by Crippen LogP contribution is -2.22. The van der Waals surface area contributed by atoms with E-state index in [9.17, 15) is 4.21 Å². The molecule has 0 aliphatic carbocycles. The Kier molecular flexibility index (Phi) is 5.36. The highest BCUT2D eigenvalue weighted by Crippen LogP contribution is 2.30. The smallest absolute Gasteiger partial charge is 0.197 e. The van der Waals surface area contributed by atoms with Crippen LogP contribution in [0.15, 0.2) is 35.6 Å². The molecule has 1 unspecified atom stereocenters. The third-order valence-corrected chi connectivity index (χ3v) is 4.87. The van der Waals surface area contributed by atoms with Crippen LogP contribution in [0, 0.1) is 0 Å². The van der Waals surface area contributed by atoms with Crippen LogP contribution in [0.5, 0.6) is 17.2 Å². The second-order valence-electron chi connectivity index (χ2n) is 6.92. The summed E-state index contributed by atoms with van der Waals surface area (Å²) in [5, 5.41) is 0.379. The van der Waals surface area contributed by atoms with Crippen molar-refractivity contribution in [3.05, 3.63) is 36.2 Å². The van der Waals surface area contributed by atoms with Crippen LogP contribution in [0.25, 0.3) is 11.0 Å². The first kappa shape index (κ1) is 19.2. The van der Waals surface area contributed by atoms with Crippen LogP contribution >= 0.6 is 0 Å². The predicted molar refractivity (Wildman–Crippen MR) is 104 cm³/mol. The zero-order valence-electron chi connectivity index (χ0n) is 16.0. The van der Waals surface area contributed by atoms with Gasteiger partial charge in [0.25, 0.3) is 0 Å². The minimum Gasteiger partial charge on any atom is -0.493 e. The van der Waals surface area contributed by atoms with Crippen LogP contribution < -0.4 is 14.2 Å². The highest BCUT2D eigenvalue weighted by Gasteiger charge is 2.18. The summed E-state index contributed by atoms with van der Waals surface area (Å²) in [5.74, 6) is 1.91. The summed E-state index contributed by atoms with van der Waals surface area (Å²) >= 11 is 0. The molecule has 1 atom stereocenters. The first-order valence-corrected chi connectivity index (χ1v) is 9.75. The standard InChI is InChI=1S/C19H23N3O4S/c1-19(2,3)26-12-6-7-13-14(10-12)22-18(21-13)27(23)11-15-17(25-5)16(24-4)8-9-20-15/h6-10H,11H2,1-5H3,(H,21,22). The third kappa shape index (κ3) is 4.39. The van der Waals surface area contributed by atoms with Crippen molar-refractivity contribution in [2.45, 2.75) is 37.3 Å². The summed E-state index contributed by atoms with van der Waals surface area (Å²) in [7, 11) is 1.66. The van der Waals surface area contributed by atoms with Gasteiger partial charge in [0.2, 0.25) is 0 Å². The zero-order chi connectivity index (χ0) is 19.6. The first-order chi connectivity index (χ1) is 12.8. The molecule has 27 heavy (non-hydrogen) atoms. The molecule has 0 bridgehead atoms. The fourth-order valence-corrected chi connectivity index (χ4v) is 3.65. The van der Waals surface area contributed by atoms with E-state index in [1.165, 1.54) is 7.11 Å². The summed E-state index contributed by atoms with van der Waals surface area (Å²) < 4.78 is 29.3. The maximum atomic E-state index is 12.8. The average molecular weight is 389 g/mol. The first-order valence-electron chi connectivity index (χ1n) is 8.44. The van der Waals surface area contributed by atoms with Crippen LogP contribution in [0.1, 0.15) is 26.5 Å². The lowest BCUT2D eigenvalue weighted by molar-refractivity contribution is 0.131. The van der Waals surface area contributed by atoms with Crippen molar-refractivity contribution in [2.24, 2.45) is 0 Å². The molecular formula is C19H23N3O4S. The van der Waals surface area contributed by atoms with E-state index >= 15 is 0 Å². The topological polar surface area (TPSA) is 86.3 Å². The normalized spacial score (nSPS) is 12.8. The van der Waals surface area contributed by atoms with Crippen molar-refractivity contribution in [3.8, 4) is 17.2 Å². The number of H-pyrrole nitrogens is 1. The molecule has 0 aliphatic rings. The van der Waals surface area contributed by atoms with E-state index in [-0.39, 0.29) is 11.4 Å². The van der Waals surface area contributed by atoms with Gasteiger partial charge in [-0.05, 0) is 32.9 Å². The van der Waals surface area contributed by atoms with Crippen LogP contribution in [-0.2, 0) is 16.6 Å². The molecule has 1 N–H and O–H groups in total. The van der Waals surface area contributed by atoms with Crippen molar-refractivity contribution in [1.82, 2.24) is 15.0 Å². The highest BCUT2D eigenvalue weighted by molar-refractivity contribution is 7.84. The molecule has 0 saturated carbocycles. The van der Waals surface area contributed by atoms with Gasteiger partial charge in [0.1, 0.15) is 11.4 Å². The van der Waals surface area contributed by atoms with Crippen molar-refractivity contribution >= 4 is 21.8 Å². The fourth-order valence-electron chi connectivity index (χ4n) is 2.64. The van der Waals surface area contributed by atoms with E-state index in [0.29, 0.717) is 22.3 Å². The minimum absolute atomic E-state index is 0.158. The number of aromatic nitrogens is 3. The van der Waals surface area contributed by atoms with Gasteiger partial charge >= 0.3 is 0 Å². The maximum Gasteiger partial charge on any atom is 0.197 e.